The lowest BCUT2D eigenvalue weighted by Crippen LogP contribution is -2.29. The summed E-state index contributed by atoms with van der Waals surface area (Å²) in [7, 11) is -5.95. The van der Waals surface area contributed by atoms with Crippen molar-refractivity contribution in [1.82, 2.24) is 0 Å². The molecule has 1 atom stereocenters. The van der Waals surface area contributed by atoms with Gasteiger partial charge in [0.2, 0.25) is 10.0 Å². The number of anilines is 1. The minimum absolute atomic E-state index is 0.0648. The Balaban J connectivity index is 2.22. The molecule has 1 aromatic heterocycles. The lowest BCUT2D eigenvalue weighted by molar-refractivity contribution is 0.0607. The van der Waals surface area contributed by atoms with Crippen molar-refractivity contribution in [2.45, 2.75) is 11.7 Å². The first kappa shape index (κ1) is 15.3. The van der Waals surface area contributed by atoms with E-state index in [0.717, 1.165) is 11.3 Å². The number of nitrogens with one attached hydrogen (secondary N) is 1. The van der Waals surface area contributed by atoms with Crippen molar-refractivity contribution in [3.05, 3.63) is 16.3 Å². The second-order valence-electron chi connectivity index (χ2n) is 4.33. The molecule has 20 heavy (non-hydrogen) atoms. The van der Waals surface area contributed by atoms with Gasteiger partial charge >= 0.3 is 5.97 Å². The third-order valence-corrected chi connectivity index (χ3v) is 7.58. The molecule has 0 amide bonds. The van der Waals surface area contributed by atoms with E-state index in [1.54, 1.807) is 5.38 Å². The molecule has 0 aliphatic carbocycles. The fraction of sp³-hybridized carbons (Fsp3) is 0.500. The van der Waals surface area contributed by atoms with Crippen LogP contribution >= 0.6 is 11.3 Å². The first-order valence-corrected chi connectivity index (χ1v) is 9.88. The Hall–Kier alpha value is -1.13. The fourth-order valence-corrected chi connectivity index (χ4v) is 6.82. The highest BCUT2D eigenvalue weighted by molar-refractivity contribution is 7.97. The number of hydrogen-bond donors (Lipinski definition) is 1. The zero-order valence-electron chi connectivity index (χ0n) is 10.5. The van der Waals surface area contributed by atoms with Crippen LogP contribution in [0.2, 0.25) is 0 Å². The monoisotopic (exact) mass is 339 g/mol. The summed E-state index contributed by atoms with van der Waals surface area (Å²) >= 11 is 1.05. The van der Waals surface area contributed by atoms with Crippen LogP contribution < -0.4 is 4.72 Å². The Labute approximate surface area is 120 Å². The van der Waals surface area contributed by atoms with Gasteiger partial charge < -0.3 is 4.74 Å². The first-order chi connectivity index (χ1) is 9.25. The van der Waals surface area contributed by atoms with Crippen molar-refractivity contribution in [3.8, 4) is 0 Å². The zero-order chi connectivity index (χ0) is 15.0. The van der Waals surface area contributed by atoms with Gasteiger partial charge in [-0.15, -0.1) is 11.3 Å². The smallest absolute Gasteiger partial charge is 0.350 e. The Bertz CT molecular complexity index is 718. The number of esters is 1. The lowest BCUT2D eigenvalue weighted by Gasteiger charge is -2.12. The summed E-state index contributed by atoms with van der Waals surface area (Å²) in [5, 5.41) is 0.563. The third-order valence-electron chi connectivity index (χ3n) is 2.92. The minimum Gasteiger partial charge on any atom is -0.465 e. The molecule has 0 bridgehead atoms. The molecule has 1 aliphatic heterocycles. The van der Waals surface area contributed by atoms with Crippen LogP contribution in [-0.4, -0.2) is 46.7 Å². The van der Waals surface area contributed by atoms with Gasteiger partial charge in [0.1, 0.15) is 4.88 Å². The number of sulfone groups is 1. The second-order valence-corrected chi connectivity index (χ2v) is 9.43. The van der Waals surface area contributed by atoms with Gasteiger partial charge in [0.25, 0.3) is 0 Å². The van der Waals surface area contributed by atoms with E-state index >= 15 is 0 Å². The minimum atomic E-state index is -3.85. The van der Waals surface area contributed by atoms with E-state index < -0.39 is 31.1 Å². The van der Waals surface area contributed by atoms with Gasteiger partial charge in [0.15, 0.2) is 9.84 Å². The molecule has 0 radical (unpaired) electrons. The average molecular weight is 339 g/mol. The topological polar surface area (TPSA) is 107 Å². The summed E-state index contributed by atoms with van der Waals surface area (Å²) in [6, 6.07) is 1.44. The number of hydrogen-bond acceptors (Lipinski definition) is 7. The van der Waals surface area contributed by atoms with Crippen LogP contribution in [0.3, 0.4) is 0 Å². The standard InChI is InChI=1S/C10H13NO6S3/c1-17-10(12)9-8(2-4-18-9)11-20(15,16)7-3-5-19(13,14)6-7/h2,4,7,11H,3,5-6H2,1H3. The van der Waals surface area contributed by atoms with Crippen molar-refractivity contribution in [2.24, 2.45) is 0 Å². The molecular weight excluding hydrogens is 326 g/mol. The molecule has 1 saturated heterocycles. The number of ether oxygens (including phenoxy) is 1. The summed E-state index contributed by atoms with van der Waals surface area (Å²) in [5.74, 6) is -1.16. The molecule has 0 spiro atoms. The fourth-order valence-electron chi connectivity index (χ4n) is 1.88. The number of rotatable bonds is 4. The predicted octanol–water partition coefficient (Wildman–Crippen LogP) is 0.464. The van der Waals surface area contributed by atoms with Crippen LogP contribution in [0.4, 0.5) is 5.69 Å². The summed E-state index contributed by atoms with van der Waals surface area (Å²) in [5.41, 5.74) is 0.117. The molecule has 1 N–H and O–H groups in total. The van der Waals surface area contributed by atoms with E-state index in [1.807, 2.05) is 0 Å². The quantitative estimate of drug-likeness (QED) is 0.799. The molecule has 0 aromatic carbocycles. The maximum atomic E-state index is 12.1. The van der Waals surface area contributed by atoms with Crippen molar-refractivity contribution < 1.29 is 26.4 Å². The Morgan fingerprint density at radius 2 is 2.20 bits per heavy atom. The number of carbonyl (C=O) groups excluding carboxylic acids is 1. The molecule has 2 rings (SSSR count). The maximum absolute atomic E-state index is 12.1. The van der Waals surface area contributed by atoms with E-state index in [4.69, 9.17) is 0 Å². The SMILES string of the molecule is COC(=O)c1sccc1NS(=O)(=O)C1CCS(=O)(=O)C1. The van der Waals surface area contributed by atoms with Crippen molar-refractivity contribution >= 4 is 42.9 Å². The summed E-state index contributed by atoms with van der Waals surface area (Å²) in [6.45, 7) is 0. The molecule has 1 fully saturated rings. The van der Waals surface area contributed by atoms with E-state index in [0.29, 0.717) is 0 Å². The van der Waals surface area contributed by atoms with Crippen LogP contribution in [0.15, 0.2) is 11.4 Å². The van der Waals surface area contributed by atoms with Crippen LogP contribution in [0.1, 0.15) is 16.1 Å². The molecule has 112 valence electrons. The van der Waals surface area contributed by atoms with Crippen molar-refractivity contribution in [1.29, 1.82) is 0 Å². The maximum Gasteiger partial charge on any atom is 0.350 e. The number of methoxy groups -OCH3 is 1. The average Bonchev–Trinajstić information content (AvgIpc) is 2.94. The van der Waals surface area contributed by atoms with Crippen LogP contribution in [0, 0.1) is 0 Å². The number of sulfonamides is 1. The van der Waals surface area contributed by atoms with Crippen molar-refractivity contribution in [3.63, 3.8) is 0 Å². The van der Waals surface area contributed by atoms with Gasteiger partial charge in [0.05, 0.1) is 29.6 Å². The van der Waals surface area contributed by atoms with E-state index in [1.165, 1.54) is 13.2 Å². The normalized spacial score (nSPS) is 21.6. The van der Waals surface area contributed by atoms with Gasteiger partial charge in [0, 0.05) is 0 Å². The van der Waals surface area contributed by atoms with Gasteiger partial charge in [-0.3, -0.25) is 4.72 Å². The predicted molar refractivity (Wildman–Crippen MR) is 75.3 cm³/mol. The van der Waals surface area contributed by atoms with Crippen LogP contribution in [0.5, 0.6) is 0 Å². The van der Waals surface area contributed by atoms with Gasteiger partial charge in [-0.25, -0.2) is 21.6 Å². The highest BCUT2D eigenvalue weighted by Gasteiger charge is 2.37. The van der Waals surface area contributed by atoms with Crippen LogP contribution in [0.25, 0.3) is 0 Å². The Morgan fingerprint density at radius 1 is 1.50 bits per heavy atom. The van der Waals surface area contributed by atoms with Gasteiger partial charge in [-0.05, 0) is 17.9 Å². The van der Waals surface area contributed by atoms with Gasteiger partial charge in [-0.1, -0.05) is 0 Å². The molecule has 1 aromatic rings. The summed E-state index contributed by atoms with van der Waals surface area (Å²) in [6.07, 6.45) is 0.0648. The molecule has 2 heterocycles. The van der Waals surface area contributed by atoms with Crippen molar-refractivity contribution in [2.75, 3.05) is 23.3 Å². The second kappa shape index (κ2) is 5.34. The first-order valence-electron chi connectivity index (χ1n) is 5.63. The van der Waals surface area contributed by atoms with E-state index in [2.05, 4.69) is 9.46 Å². The summed E-state index contributed by atoms with van der Waals surface area (Å²) in [4.78, 5) is 11.6. The van der Waals surface area contributed by atoms with Crippen LogP contribution in [-0.2, 0) is 24.6 Å². The molecule has 1 aliphatic rings. The number of thiophene rings is 1. The Morgan fingerprint density at radius 3 is 2.75 bits per heavy atom. The highest BCUT2D eigenvalue weighted by atomic mass is 32.2. The highest BCUT2D eigenvalue weighted by Crippen LogP contribution is 2.27. The number of carbonyl (C=O) groups is 1. The van der Waals surface area contributed by atoms with E-state index in [-0.39, 0.29) is 28.5 Å². The zero-order valence-corrected chi connectivity index (χ0v) is 13.0. The molecule has 0 saturated carbocycles. The molecule has 10 heteroatoms. The molecule has 7 nitrogen and oxygen atoms in total. The third kappa shape index (κ3) is 3.13. The molecule has 1 unspecified atom stereocenters. The Kier molecular flexibility index (Phi) is 4.07. The lowest BCUT2D eigenvalue weighted by atomic mass is 10.4. The summed E-state index contributed by atoms with van der Waals surface area (Å²) < 4.78 is 53.8. The largest absolute Gasteiger partial charge is 0.465 e. The van der Waals surface area contributed by atoms with E-state index in [9.17, 15) is 21.6 Å². The molecular formula is C10H13NO6S3. The van der Waals surface area contributed by atoms with Gasteiger partial charge in [-0.2, -0.15) is 0 Å².